The number of benzene rings is 1. The fourth-order valence-corrected chi connectivity index (χ4v) is 2.55. The lowest BCUT2D eigenvalue weighted by molar-refractivity contribution is -0.358. The van der Waals surface area contributed by atoms with Crippen molar-refractivity contribution >= 4 is 0 Å². The first-order valence-electron chi connectivity index (χ1n) is 6.57. The van der Waals surface area contributed by atoms with E-state index in [1.165, 1.54) is 7.11 Å². The number of aliphatic hydroxyl groups excluding tert-OH is 2. The maximum Gasteiger partial charge on any atom is 0.186 e. The monoisotopic (exact) mass is 282 g/mol. The molecule has 2 aliphatic heterocycles. The number of hydrogen-bond acceptors (Lipinski definition) is 6. The van der Waals surface area contributed by atoms with Gasteiger partial charge in [0.1, 0.15) is 24.4 Å². The molecule has 20 heavy (non-hydrogen) atoms. The SMILES string of the molecule is CO[C@@H]1O[C@@H]2CO[C@H](c3ccccc3)O[C@@H]2[C@@H](O)[C@@H]1O. The Hall–Kier alpha value is -1.02. The Morgan fingerprint density at radius 3 is 2.55 bits per heavy atom. The summed E-state index contributed by atoms with van der Waals surface area (Å²) in [6.07, 6.45) is -4.76. The van der Waals surface area contributed by atoms with Crippen molar-refractivity contribution in [3.8, 4) is 0 Å². The number of ether oxygens (including phenoxy) is 4. The minimum absolute atomic E-state index is 0.272. The highest BCUT2D eigenvalue weighted by Crippen LogP contribution is 2.33. The molecule has 2 N–H and O–H groups in total. The standard InChI is InChI=1S/C14H18O6/c1-17-14-11(16)10(15)12-9(19-14)7-18-13(20-12)8-5-3-2-4-6-8/h2-6,9-16H,7H2,1H3/t9-,10+,11+,12+,13+,14-/m1/s1. The molecule has 0 bridgehead atoms. The van der Waals surface area contributed by atoms with Crippen LogP contribution in [0, 0.1) is 0 Å². The summed E-state index contributed by atoms with van der Waals surface area (Å²) < 4.78 is 21.9. The molecule has 0 radical (unpaired) electrons. The maximum atomic E-state index is 10.1. The molecule has 2 aliphatic rings. The molecule has 0 spiro atoms. The van der Waals surface area contributed by atoms with E-state index < -0.39 is 37.0 Å². The van der Waals surface area contributed by atoms with Crippen molar-refractivity contribution in [3.05, 3.63) is 35.9 Å². The summed E-state index contributed by atoms with van der Waals surface area (Å²) in [6, 6.07) is 9.45. The van der Waals surface area contributed by atoms with Crippen LogP contribution in [0.5, 0.6) is 0 Å². The van der Waals surface area contributed by atoms with Crippen molar-refractivity contribution in [2.24, 2.45) is 0 Å². The van der Waals surface area contributed by atoms with Gasteiger partial charge in [0.15, 0.2) is 12.6 Å². The van der Waals surface area contributed by atoms with Crippen LogP contribution in [-0.2, 0) is 18.9 Å². The second-order valence-electron chi connectivity index (χ2n) is 4.94. The van der Waals surface area contributed by atoms with E-state index >= 15 is 0 Å². The zero-order chi connectivity index (χ0) is 14.1. The fourth-order valence-electron chi connectivity index (χ4n) is 2.55. The summed E-state index contributed by atoms with van der Waals surface area (Å²) in [5.41, 5.74) is 0.863. The third-order valence-corrected chi connectivity index (χ3v) is 3.64. The summed E-state index contributed by atoms with van der Waals surface area (Å²) in [5, 5.41) is 20.1. The smallest absolute Gasteiger partial charge is 0.186 e. The van der Waals surface area contributed by atoms with Crippen LogP contribution in [0.1, 0.15) is 11.9 Å². The Morgan fingerprint density at radius 2 is 1.85 bits per heavy atom. The molecule has 0 aliphatic carbocycles. The Kier molecular flexibility index (Phi) is 4.02. The van der Waals surface area contributed by atoms with Gasteiger partial charge in [0, 0.05) is 12.7 Å². The first kappa shape index (κ1) is 13.9. The highest BCUT2D eigenvalue weighted by atomic mass is 16.7. The summed E-state index contributed by atoms with van der Waals surface area (Å²) in [4.78, 5) is 0. The van der Waals surface area contributed by atoms with E-state index in [0.29, 0.717) is 0 Å². The number of methoxy groups -OCH3 is 1. The number of rotatable bonds is 2. The zero-order valence-corrected chi connectivity index (χ0v) is 11.1. The van der Waals surface area contributed by atoms with Crippen LogP contribution >= 0.6 is 0 Å². The van der Waals surface area contributed by atoms with E-state index in [9.17, 15) is 10.2 Å². The van der Waals surface area contributed by atoms with Gasteiger partial charge in [-0.15, -0.1) is 0 Å². The van der Waals surface area contributed by atoms with E-state index in [2.05, 4.69) is 0 Å². The summed E-state index contributed by atoms with van der Waals surface area (Å²) in [6.45, 7) is 0.272. The second-order valence-corrected chi connectivity index (χ2v) is 4.94. The van der Waals surface area contributed by atoms with Gasteiger partial charge >= 0.3 is 0 Å². The van der Waals surface area contributed by atoms with Crippen molar-refractivity contribution in [1.29, 1.82) is 0 Å². The quantitative estimate of drug-likeness (QED) is 0.806. The number of hydrogen-bond donors (Lipinski definition) is 2. The molecule has 0 aromatic heterocycles. The average Bonchev–Trinajstić information content (AvgIpc) is 2.51. The van der Waals surface area contributed by atoms with Gasteiger partial charge in [-0.25, -0.2) is 0 Å². The van der Waals surface area contributed by atoms with Crippen LogP contribution in [0.2, 0.25) is 0 Å². The topological polar surface area (TPSA) is 77.4 Å². The van der Waals surface area contributed by atoms with Crippen molar-refractivity contribution < 1.29 is 29.2 Å². The zero-order valence-electron chi connectivity index (χ0n) is 11.1. The molecule has 6 atom stereocenters. The average molecular weight is 282 g/mol. The van der Waals surface area contributed by atoms with Crippen LogP contribution in [0.4, 0.5) is 0 Å². The van der Waals surface area contributed by atoms with Crippen LogP contribution in [0.15, 0.2) is 30.3 Å². The highest BCUT2D eigenvalue weighted by Gasteiger charge is 2.48. The van der Waals surface area contributed by atoms with Crippen molar-refractivity contribution in [2.45, 2.75) is 37.0 Å². The molecule has 3 rings (SSSR count). The minimum Gasteiger partial charge on any atom is -0.387 e. The number of aliphatic hydroxyl groups is 2. The molecule has 6 nitrogen and oxygen atoms in total. The molecule has 0 unspecified atom stereocenters. The van der Waals surface area contributed by atoms with Gasteiger partial charge < -0.3 is 29.2 Å². The van der Waals surface area contributed by atoms with Crippen LogP contribution in [0.25, 0.3) is 0 Å². The normalized spacial score (nSPS) is 41.1. The van der Waals surface area contributed by atoms with Gasteiger partial charge in [-0.1, -0.05) is 30.3 Å². The molecule has 2 fully saturated rings. The van der Waals surface area contributed by atoms with Crippen LogP contribution < -0.4 is 0 Å². The molecule has 1 aromatic rings. The largest absolute Gasteiger partial charge is 0.387 e. The van der Waals surface area contributed by atoms with E-state index in [1.807, 2.05) is 30.3 Å². The van der Waals surface area contributed by atoms with E-state index in [-0.39, 0.29) is 6.61 Å². The molecule has 1 aromatic carbocycles. The lowest BCUT2D eigenvalue weighted by Crippen LogP contribution is -2.62. The predicted octanol–water partition coefficient (Wildman–Crippen LogP) is 0.194. The van der Waals surface area contributed by atoms with Gasteiger partial charge in [0.2, 0.25) is 0 Å². The van der Waals surface area contributed by atoms with Crippen molar-refractivity contribution in [3.63, 3.8) is 0 Å². The van der Waals surface area contributed by atoms with Gasteiger partial charge in [0.05, 0.1) is 6.61 Å². The number of fused-ring (bicyclic) bond motifs is 1. The Labute approximate surface area is 116 Å². The third-order valence-electron chi connectivity index (χ3n) is 3.64. The van der Waals surface area contributed by atoms with E-state index in [4.69, 9.17) is 18.9 Å². The molecule has 0 saturated carbocycles. The molecular formula is C14H18O6. The molecule has 2 saturated heterocycles. The van der Waals surface area contributed by atoms with Crippen molar-refractivity contribution in [1.82, 2.24) is 0 Å². The van der Waals surface area contributed by atoms with Gasteiger partial charge in [-0.2, -0.15) is 0 Å². The Balaban J connectivity index is 1.74. The minimum atomic E-state index is -1.14. The molecule has 0 amide bonds. The Bertz CT molecular complexity index is 437. The summed E-state index contributed by atoms with van der Waals surface area (Å²) >= 11 is 0. The molecule has 6 heteroatoms. The second kappa shape index (κ2) is 5.77. The Morgan fingerprint density at radius 1 is 1.10 bits per heavy atom. The highest BCUT2D eigenvalue weighted by molar-refractivity contribution is 5.16. The predicted molar refractivity (Wildman–Crippen MR) is 67.7 cm³/mol. The maximum absolute atomic E-state index is 10.1. The summed E-state index contributed by atoms with van der Waals surface area (Å²) in [7, 11) is 1.41. The fraction of sp³-hybridized carbons (Fsp3) is 0.571. The van der Waals surface area contributed by atoms with Gasteiger partial charge in [0.25, 0.3) is 0 Å². The lowest BCUT2D eigenvalue weighted by Gasteiger charge is -2.45. The molecular weight excluding hydrogens is 264 g/mol. The van der Waals surface area contributed by atoms with Gasteiger partial charge in [-0.3, -0.25) is 0 Å². The van der Waals surface area contributed by atoms with E-state index in [1.54, 1.807) is 0 Å². The lowest BCUT2D eigenvalue weighted by atomic mass is 9.98. The molecule has 110 valence electrons. The third kappa shape index (κ3) is 2.46. The van der Waals surface area contributed by atoms with Gasteiger partial charge in [-0.05, 0) is 0 Å². The first-order chi connectivity index (χ1) is 9.70. The summed E-state index contributed by atoms with van der Waals surface area (Å²) in [5.74, 6) is 0. The van der Waals surface area contributed by atoms with E-state index in [0.717, 1.165) is 5.56 Å². The van der Waals surface area contributed by atoms with Crippen LogP contribution in [-0.4, -0.2) is 54.6 Å². The molecule has 2 heterocycles. The van der Waals surface area contributed by atoms with Crippen molar-refractivity contribution in [2.75, 3.05) is 13.7 Å². The van der Waals surface area contributed by atoms with Crippen LogP contribution in [0.3, 0.4) is 0 Å². The first-order valence-corrected chi connectivity index (χ1v) is 6.57.